The summed E-state index contributed by atoms with van der Waals surface area (Å²) in [4.78, 5) is 0. The highest BCUT2D eigenvalue weighted by atomic mass is 16.5. The maximum Gasteiger partial charge on any atom is 0.111 e. The molecule has 130 valence electrons. The first-order valence-electron chi connectivity index (χ1n) is 8.10. The molecule has 0 spiro atoms. The number of rotatable bonds is 10. The molecule has 1 fully saturated rings. The van der Waals surface area contributed by atoms with Gasteiger partial charge < -0.3 is 29.5 Å². The summed E-state index contributed by atoms with van der Waals surface area (Å²) in [5, 5.41) is 27.4. The number of aliphatic hydroxyl groups is 3. The lowest BCUT2D eigenvalue weighted by molar-refractivity contribution is 0.0564. The van der Waals surface area contributed by atoms with Crippen molar-refractivity contribution in [1.29, 1.82) is 0 Å². The molecule has 4 unspecified atom stereocenters. The van der Waals surface area contributed by atoms with Gasteiger partial charge >= 0.3 is 0 Å². The van der Waals surface area contributed by atoms with Crippen LogP contribution in [0.4, 0.5) is 0 Å². The lowest BCUT2D eigenvalue weighted by Crippen LogP contribution is -2.28. The molecule has 3 N–H and O–H groups in total. The minimum absolute atomic E-state index is 0.00338. The molecular formula is C17H26O6. The molecule has 0 heterocycles. The van der Waals surface area contributed by atoms with Crippen molar-refractivity contribution in [2.24, 2.45) is 23.7 Å². The Labute approximate surface area is 137 Å². The summed E-state index contributed by atoms with van der Waals surface area (Å²) in [5.41, 5.74) is 0. The van der Waals surface area contributed by atoms with Crippen molar-refractivity contribution in [2.45, 2.75) is 6.42 Å². The third kappa shape index (κ3) is 4.93. The third-order valence-electron chi connectivity index (χ3n) is 4.51. The topological polar surface area (TPSA) is 88.4 Å². The molecule has 0 aromatic carbocycles. The number of hydrogen-bond donors (Lipinski definition) is 3. The Morgan fingerprint density at radius 2 is 1.65 bits per heavy atom. The Morgan fingerprint density at radius 1 is 0.957 bits per heavy atom. The summed E-state index contributed by atoms with van der Waals surface area (Å²) >= 11 is 0. The van der Waals surface area contributed by atoms with E-state index in [0.29, 0.717) is 39.0 Å². The van der Waals surface area contributed by atoms with Gasteiger partial charge in [-0.05, 0) is 30.3 Å². The molecule has 0 saturated heterocycles. The first kappa shape index (κ1) is 18.2. The molecule has 4 atom stereocenters. The Morgan fingerprint density at radius 3 is 2.30 bits per heavy atom. The van der Waals surface area contributed by atoms with Gasteiger partial charge in [-0.25, -0.2) is 0 Å². The van der Waals surface area contributed by atoms with E-state index in [-0.39, 0.29) is 37.6 Å². The van der Waals surface area contributed by atoms with Crippen LogP contribution in [0.5, 0.6) is 0 Å². The zero-order valence-electron chi connectivity index (χ0n) is 13.3. The highest BCUT2D eigenvalue weighted by Crippen LogP contribution is 2.51. The van der Waals surface area contributed by atoms with Crippen molar-refractivity contribution in [3.8, 4) is 11.8 Å². The number of allylic oxidation sites excluding steroid dienone is 2. The average molecular weight is 326 g/mol. The van der Waals surface area contributed by atoms with E-state index in [0.717, 1.165) is 12.2 Å². The van der Waals surface area contributed by atoms with Gasteiger partial charge in [-0.15, -0.1) is 0 Å². The van der Waals surface area contributed by atoms with Crippen LogP contribution < -0.4 is 0 Å². The Kier molecular flexibility index (Phi) is 7.86. The van der Waals surface area contributed by atoms with Gasteiger partial charge in [-0.1, -0.05) is 11.8 Å². The maximum absolute atomic E-state index is 9.50. The van der Waals surface area contributed by atoms with Crippen molar-refractivity contribution in [2.75, 3.05) is 52.9 Å². The fourth-order valence-electron chi connectivity index (χ4n) is 3.43. The SMILES string of the molecule is OCCOCC#CCOCCOC1=CC2CC1C(CO)C2CO. The van der Waals surface area contributed by atoms with Crippen LogP contribution in [-0.4, -0.2) is 68.2 Å². The van der Waals surface area contributed by atoms with Crippen molar-refractivity contribution < 1.29 is 29.5 Å². The number of aliphatic hydroxyl groups excluding tert-OH is 3. The van der Waals surface area contributed by atoms with E-state index < -0.39 is 0 Å². The van der Waals surface area contributed by atoms with Gasteiger partial charge in [0.25, 0.3) is 0 Å². The first-order chi connectivity index (χ1) is 11.3. The molecule has 1 saturated carbocycles. The van der Waals surface area contributed by atoms with Crippen molar-refractivity contribution >= 4 is 0 Å². The zero-order chi connectivity index (χ0) is 16.5. The van der Waals surface area contributed by atoms with Crippen molar-refractivity contribution in [3.05, 3.63) is 11.8 Å². The van der Waals surface area contributed by atoms with Crippen LogP contribution in [0.15, 0.2) is 11.8 Å². The normalized spacial score (nSPS) is 28.4. The van der Waals surface area contributed by atoms with E-state index in [1.165, 1.54) is 0 Å². The summed E-state index contributed by atoms with van der Waals surface area (Å²) in [5.74, 6) is 7.36. The van der Waals surface area contributed by atoms with Gasteiger partial charge in [0, 0.05) is 19.1 Å². The molecule has 0 aromatic heterocycles. The van der Waals surface area contributed by atoms with Gasteiger partial charge in [-0.3, -0.25) is 0 Å². The number of fused-ring (bicyclic) bond motifs is 2. The number of ether oxygens (including phenoxy) is 3. The van der Waals surface area contributed by atoms with Crippen LogP contribution in [0, 0.1) is 35.5 Å². The van der Waals surface area contributed by atoms with Crippen molar-refractivity contribution in [3.63, 3.8) is 0 Å². The number of hydrogen-bond acceptors (Lipinski definition) is 6. The molecule has 23 heavy (non-hydrogen) atoms. The standard InChI is InChI=1S/C17H26O6/c18-3-6-21-4-1-2-5-22-7-8-23-17-10-13-9-14(17)16(12-20)15(13)11-19/h10,13-16,18-20H,3-9,11-12H2. The second-order valence-corrected chi connectivity index (χ2v) is 5.80. The van der Waals surface area contributed by atoms with Crippen LogP contribution in [0.1, 0.15) is 6.42 Å². The Hall–Kier alpha value is -1.10. The van der Waals surface area contributed by atoms with E-state index in [9.17, 15) is 10.2 Å². The molecule has 2 bridgehead atoms. The molecule has 2 aliphatic carbocycles. The van der Waals surface area contributed by atoms with E-state index in [2.05, 4.69) is 17.9 Å². The van der Waals surface area contributed by atoms with Gasteiger partial charge in [0.15, 0.2) is 0 Å². The first-order valence-corrected chi connectivity index (χ1v) is 8.10. The zero-order valence-corrected chi connectivity index (χ0v) is 13.3. The predicted octanol–water partition coefficient (Wildman–Crippen LogP) is -0.217. The molecular weight excluding hydrogens is 300 g/mol. The predicted molar refractivity (Wildman–Crippen MR) is 83.3 cm³/mol. The van der Waals surface area contributed by atoms with Crippen LogP contribution in [-0.2, 0) is 14.2 Å². The minimum atomic E-state index is 0.00338. The second-order valence-electron chi connectivity index (χ2n) is 5.80. The summed E-state index contributed by atoms with van der Waals surface area (Å²) in [6, 6.07) is 0. The molecule has 0 amide bonds. The van der Waals surface area contributed by atoms with Gasteiger partial charge in [0.2, 0.25) is 0 Å². The summed E-state index contributed by atoms with van der Waals surface area (Å²) in [6.45, 7) is 2.05. The molecule has 6 heteroatoms. The second kappa shape index (κ2) is 9.91. The Bertz CT molecular complexity index is 438. The highest BCUT2D eigenvalue weighted by Gasteiger charge is 2.48. The lowest BCUT2D eigenvalue weighted by Gasteiger charge is -2.28. The van der Waals surface area contributed by atoms with Crippen LogP contribution in [0.25, 0.3) is 0 Å². The van der Waals surface area contributed by atoms with Crippen molar-refractivity contribution in [1.82, 2.24) is 0 Å². The Balaban J connectivity index is 1.58. The fourth-order valence-corrected chi connectivity index (χ4v) is 3.43. The molecule has 0 aliphatic heterocycles. The van der Waals surface area contributed by atoms with Gasteiger partial charge in [-0.2, -0.15) is 0 Å². The monoisotopic (exact) mass is 326 g/mol. The quantitative estimate of drug-likeness (QED) is 0.380. The minimum Gasteiger partial charge on any atom is -0.496 e. The molecule has 0 radical (unpaired) electrons. The van der Waals surface area contributed by atoms with Crippen LogP contribution in [0.3, 0.4) is 0 Å². The molecule has 2 aliphatic rings. The van der Waals surface area contributed by atoms with E-state index >= 15 is 0 Å². The average Bonchev–Trinajstić information content (AvgIpc) is 3.13. The smallest absolute Gasteiger partial charge is 0.111 e. The lowest BCUT2D eigenvalue weighted by atomic mass is 9.83. The molecule has 0 aromatic rings. The van der Waals surface area contributed by atoms with E-state index in [1.54, 1.807) is 0 Å². The third-order valence-corrected chi connectivity index (χ3v) is 4.51. The summed E-state index contributed by atoms with van der Waals surface area (Å²) in [7, 11) is 0. The van der Waals surface area contributed by atoms with Crippen LogP contribution in [0.2, 0.25) is 0 Å². The van der Waals surface area contributed by atoms with Gasteiger partial charge in [0.05, 0.1) is 25.6 Å². The highest BCUT2D eigenvalue weighted by molar-refractivity contribution is 5.19. The molecule has 6 nitrogen and oxygen atoms in total. The largest absolute Gasteiger partial charge is 0.496 e. The van der Waals surface area contributed by atoms with E-state index in [1.807, 2.05) is 0 Å². The van der Waals surface area contributed by atoms with Gasteiger partial charge in [0.1, 0.15) is 19.8 Å². The summed E-state index contributed by atoms with van der Waals surface area (Å²) < 4.78 is 16.1. The van der Waals surface area contributed by atoms with E-state index in [4.69, 9.17) is 19.3 Å². The summed E-state index contributed by atoms with van der Waals surface area (Å²) in [6.07, 6.45) is 3.06. The maximum atomic E-state index is 9.50. The van der Waals surface area contributed by atoms with Crippen LogP contribution >= 0.6 is 0 Å². The fraction of sp³-hybridized carbons (Fsp3) is 0.765. The molecule has 2 rings (SSSR count).